The van der Waals surface area contributed by atoms with E-state index in [-0.39, 0.29) is 6.61 Å². The Morgan fingerprint density at radius 1 is 1.15 bits per heavy atom. The van der Waals surface area contributed by atoms with E-state index in [1.54, 1.807) is 0 Å². The SMILES string of the molecule is CN(C)S(=O)(=O)OC[C@@]12OC[C@H]3OS(=O)(=O)O[C@H]3[C@@H]1OC1(CCCCC1)O2. The van der Waals surface area contributed by atoms with Gasteiger partial charge in [0.05, 0.1) is 6.61 Å². The molecule has 0 aromatic rings. The van der Waals surface area contributed by atoms with Crippen LogP contribution in [0.1, 0.15) is 32.1 Å². The fourth-order valence-electron chi connectivity index (χ4n) is 3.89. The summed E-state index contributed by atoms with van der Waals surface area (Å²) < 4.78 is 81.6. The predicted molar refractivity (Wildman–Crippen MR) is 87.7 cm³/mol. The lowest BCUT2D eigenvalue weighted by molar-refractivity contribution is -0.300. The molecule has 3 heterocycles. The molecule has 27 heavy (non-hydrogen) atoms. The molecule has 4 atom stereocenters. The van der Waals surface area contributed by atoms with E-state index in [2.05, 4.69) is 0 Å². The van der Waals surface area contributed by atoms with Crippen LogP contribution < -0.4 is 0 Å². The van der Waals surface area contributed by atoms with Gasteiger partial charge in [-0.1, -0.05) is 6.42 Å². The molecule has 0 aromatic carbocycles. The first kappa shape index (κ1) is 19.9. The number of hydrogen-bond donors (Lipinski definition) is 0. The zero-order valence-electron chi connectivity index (χ0n) is 15.0. The van der Waals surface area contributed by atoms with Crippen molar-refractivity contribution < 1.29 is 43.6 Å². The van der Waals surface area contributed by atoms with Crippen LogP contribution in [0.2, 0.25) is 0 Å². The van der Waals surface area contributed by atoms with Gasteiger partial charge < -0.3 is 14.2 Å². The van der Waals surface area contributed by atoms with Gasteiger partial charge in [-0.3, -0.25) is 4.18 Å². The quantitative estimate of drug-likeness (QED) is 0.584. The Morgan fingerprint density at radius 2 is 1.85 bits per heavy atom. The van der Waals surface area contributed by atoms with E-state index in [9.17, 15) is 16.8 Å². The minimum atomic E-state index is -4.18. The number of hydrogen-bond acceptors (Lipinski definition) is 10. The van der Waals surface area contributed by atoms with E-state index >= 15 is 0 Å². The summed E-state index contributed by atoms with van der Waals surface area (Å²) in [5, 5.41) is 0. The first-order valence-corrected chi connectivity index (χ1v) is 11.5. The number of ether oxygens (including phenoxy) is 3. The second kappa shape index (κ2) is 6.57. The van der Waals surface area contributed by atoms with E-state index in [0.29, 0.717) is 12.8 Å². The highest BCUT2D eigenvalue weighted by atomic mass is 32.3. The Morgan fingerprint density at radius 3 is 2.52 bits per heavy atom. The molecule has 1 spiro atoms. The summed E-state index contributed by atoms with van der Waals surface area (Å²) in [5.41, 5.74) is 0. The third-order valence-electron chi connectivity index (χ3n) is 5.23. The van der Waals surface area contributed by atoms with Gasteiger partial charge in [0.1, 0.15) is 24.9 Å². The lowest BCUT2D eigenvalue weighted by Crippen LogP contribution is -2.60. The maximum absolute atomic E-state index is 12.1. The molecular weight excluding hydrogens is 406 g/mol. The van der Waals surface area contributed by atoms with Crippen LogP contribution in [0.15, 0.2) is 0 Å². The van der Waals surface area contributed by atoms with Gasteiger partial charge in [0, 0.05) is 26.9 Å². The maximum atomic E-state index is 12.1. The first-order valence-electron chi connectivity index (χ1n) is 8.77. The van der Waals surface area contributed by atoms with Crippen molar-refractivity contribution >= 4 is 20.7 Å². The maximum Gasteiger partial charge on any atom is 0.400 e. The second-order valence-corrected chi connectivity index (χ2v) is 10.4. The van der Waals surface area contributed by atoms with Gasteiger partial charge in [-0.05, 0) is 12.8 Å². The fourth-order valence-corrected chi connectivity index (χ4v) is 5.43. The standard InChI is InChI=1S/C14H23NO10S2/c1-15(2)26(16,17)21-9-14-12(22-13(25-14)6-4-3-5-7-13)11-10(8-20-14)23-27(18,19)24-11/h10-12H,3-9H2,1-2H3/t10-,11-,12+,14+/m1/s1. The third kappa shape index (κ3) is 3.53. The molecule has 0 aromatic heterocycles. The van der Waals surface area contributed by atoms with Crippen LogP contribution in [0.3, 0.4) is 0 Å². The summed E-state index contributed by atoms with van der Waals surface area (Å²) in [6.07, 6.45) is 1.02. The summed E-state index contributed by atoms with van der Waals surface area (Å²) in [7, 11) is -5.52. The molecule has 4 rings (SSSR count). The van der Waals surface area contributed by atoms with Crippen LogP contribution >= 0.6 is 0 Å². The monoisotopic (exact) mass is 429 g/mol. The van der Waals surface area contributed by atoms with Crippen molar-refractivity contribution in [2.24, 2.45) is 0 Å². The van der Waals surface area contributed by atoms with Crippen molar-refractivity contribution in [3.05, 3.63) is 0 Å². The average Bonchev–Trinajstić information content (AvgIpc) is 3.07. The van der Waals surface area contributed by atoms with Crippen LogP contribution in [0.5, 0.6) is 0 Å². The van der Waals surface area contributed by atoms with E-state index < -0.39 is 57.2 Å². The molecule has 0 bridgehead atoms. The van der Waals surface area contributed by atoms with Gasteiger partial charge in [0.25, 0.3) is 0 Å². The average molecular weight is 429 g/mol. The molecule has 4 aliphatic rings. The lowest BCUT2D eigenvalue weighted by atomic mass is 9.94. The van der Waals surface area contributed by atoms with E-state index in [0.717, 1.165) is 23.6 Å². The topological polar surface area (TPSA) is 127 Å². The molecule has 13 heteroatoms. The molecule has 1 saturated carbocycles. The summed E-state index contributed by atoms with van der Waals surface area (Å²) in [6.45, 7) is -0.655. The molecule has 3 aliphatic heterocycles. The Hall–Kier alpha value is -0.380. The highest BCUT2D eigenvalue weighted by molar-refractivity contribution is 7.84. The highest BCUT2D eigenvalue weighted by Gasteiger charge is 2.68. The molecule has 0 unspecified atom stereocenters. The fraction of sp³-hybridized carbons (Fsp3) is 1.00. The summed E-state index contributed by atoms with van der Waals surface area (Å²) in [5.74, 6) is -2.59. The van der Waals surface area contributed by atoms with Crippen molar-refractivity contribution in [3.8, 4) is 0 Å². The molecule has 0 amide bonds. The van der Waals surface area contributed by atoms with Crippen molar-refractivity contribution in [2.75, 3.05) is 27.3 Å². The highest BCUT2D eigenvalue weighted by Crippen LogP contribution is 2.51. The first-order chi connectivity index (χ1) is 12.6. The normalized spacial score (nSPS) is 40.2. The van der Waals surface area contributed by atoms with Crippen LogP contribution in [-0.2, 0) is 47.5 Å². The van der Waals surface area contributed by atoms with Crippen molar-refractivity contribution in [2.45, 2.75) is 62.0 Å². The molecule has 0 N–H and O–H groups in total. The van der Waals surface area contributed by atoms with Gasteiger partial charge in [0.15, 0.2) is 5.79 Å². The van der Waals surface area contributed by atoms with Crippen LogP contribution in [0.25, 0.3) is 0 Å². The van der Waals surface area contributed by atoms with Crippen LogP contribution in [-0.4, -0.2) is 78.3 Å². The number of nitrogens with zero attached hydrogens (tertiary/aromatic N) is 1. The largest absolute Gasteiger partial charge is 0.400 e. The molecule has 0 radical (unpaired) electrons. The van der Waals surface area contributed by atoms with E-state index in [1.807, 2.05) is 0 Å². The van der Waals surface area contributed by atoms with Crippen molar-refractivity contribution in [1.29, 1.82) is 0 Å². The minimum absolute atomic E-state index is 0.161. The zero-order chi connectivity index (χ0) is 19.5. The van der Waals surface area contributed by atoms with Crippen LogP contribution in [0, 0.1) is 0 Å². The van der Waals surface area contributed by atoms with Gasteiger partial charge in [-0.15, -0.1) is 0 Å². The van der Waals surface area contributed by atoms with Gasteiger partial charge >= 0.3 is 20.7 Å². The van der Waals surface area contributed by atoms with Gasteiger partial charge in [-0.2, -0.15) is 21.1 Å². The van der Waals surface area contributed by atoms with Gasteiger partial charge in [0.2, 0.25) is 5.79 Å². The number of fused-ring (bicyclic) bond motifs is 3. The summed E-state index contributed by atoms with van der Waals surface area (Å²) in [4.78, 5) is 0. The molecule has 11 nitrogen and oxygen atoms in total. The lowest BCUT2D eigenvalue weighted by Gasteiger charge is -2.39. The second-order valence-electron chi connectivity index (χ2n) is 7.34. The Labute approximate surface area is 158 Å². The minimum Gasteiger partial charge on any atom is -0.343 e. The summed E-state index contributed by atoms with van der Waals surface area (Å²) in [6, 6.07) is 0. The zero-order valence-corrected chi connectivity index (χ0v) is 16.7. The third-order valence-corrected chi connectivity index (χ3v) is 7.48. The molecule has 156 valence electrons. The Balaban J connectivity index is 1.64. The number of rotatable bonds is 4. The van der Waals surface area contributed by atoms with Gasteiger partial charge in [-0.25, -0.2) is 8.37 Å². The predicted octanol–water partition coefficient (Wildman–Crippen LogP) is -0.359. The summed E-state index contributed by atoms with van der Waals surface area (Å²) >= 11 is 0. The van der Waals surface area contributed by atoms with E-state index in [1.165, 1.54) is 14.1 Å². The van der Waals surface area contributed by atoms with E-state index in [4.69, 9.17) is 26.8 Å². The smallest absolute Gasteiger partial charge is 0.343 e. The van der Waals surface area contributed by atoms with Crippen molar-refractivity contribution in [1.82, 2.24) is 4.31 Å². The Kier molecular flexibility index (Phi) is 4.85. The Bertz CT molecular complexity index is 791. The molecular formula is C14H23NO10S2. The molecule has 1 aliphatic carbocycles. The molecule has 3 saturated heterocycles. The molecule has 4 fully saturated rings. The van der Waals surface area contributed by atoms with Crippen LogP contribution in [0.4, 0.5) is 0 Å². The van der Waals surface area contributed by atoms with Crippen molar-refractivity contribution in [3.63, 3.8) is 0 Å².